The molecule has 1 aliphatic rings. The molecule has 1 aliphatic carbocycles. The number of carbonyl (C=O) groups excluding carboxylic acids is 1. The van der Waals surface area contributed by atoms with E-state index in [0.29, 0.717) is 19.2 Å². The molecule has 1 unspecified atom stereocenters. The van der Waals surface area contributed by atoms with Crippen molar-refractivity contribution in [1.29, 1.82) is 0 Å². The van der Waals surface area contributed by atoms with Gasteiger partial charge in [0.15, 0.2) is 0 Å². The highest BCUT2D eigenvalue weighted by Crippen LogP contribution is 2.18. The molecule has 0 aromatic rings. The fourth-order valence-electron chi connectivity index (χ4n) is 1.13. The SMILES string of the molecule is CCOCC(C)NCC(=O)NC1CC1. The van der Waals surface area contributed by atoms with E-state index in [2.05, 4.69) is 10.6 Å². The predicted molar refractivity (Wildman–Crippen MR) is 55.1 cm³/mol. The zero-order valence-electron chi connectivity index (χ0n) is 9.01. The van der Waals surface area contributed by atoms with Crippen molar-refractivity contribution in [2.45, 2.75) is 38.8 Å². The molecule has 2 N–H and O–H groups in total. The van der Waals surface area contributed by atoms with Crippen LogP contribution in [-0.2, 0) is 9.53 Å². The molecule has 82 valence electrons. The van der Waals surface area contributed by atoms with Gasteiger partial charge >= 0.3 is 0 Å². The van der Waals surface area contributed by atoms with E-state index in [-0.39, 0.29) is 11.9 Å². The number of carbonyl (C=O) groups is 1. The first-order valence-corrected chi connectivity index (χ1v) is 5.33. The Kier molecular flexibility index (Phi) is 4.90. The van der Waals surface area contributed by atoms with E-state index in [1.54, 1.807) is 0 Å². The molecule has 1 saturated carbocycles. The fourth-order valence-corrected chi connectivity index (χ4v) is 1.13. The molecule has 4 nitrogen and oxygen atoms in total. The first-order chi connectivity index (χ1) is 6.72. The smallest absolute Gasteiger partial charge is 0.234 e. The highest BCUT2D eigenvalue weighted by Gasteiger charge is 2.22. The van der Waals surface area contributed by atoms with E-state index >= 15 is 0 Å². The number of amides is 1. The summed E-state index contributed by atoms with van der Waals surface area (Å²) in [5.74, 6) is 0.0934. The van der Waals surface area contributed by atoms with Gasteiger partial charge in [0.05, 0.1) is 13.2 Å². The second-order valence-electron chi connectivity index (χ2n) is 3.78. The van der Waals surface area contributed by atoms with Crippen LogP contribution in [0.4, 0.5) is 0 Å². The van der Waals surface area contributed by atoms with Gasteiger partial charge in [0.2, 0.25) is 5.91 Å². The molecule has 0 aromatic carbocycles. The lowest BCUT2D eigenvalue weighted by molar-refractivity contribution is -0.120. The van der Waals surface area contributed by atoms with Gasteiger partial charge in [-0.2, -0.15) is 0 Å². The summed E-state index contributed by atoms with van der Waals surface area (Å²) in [5.41, 5.74) is 0. The van der Waals surface area contributed by atoms with Gasteiger partial charge in [-0.25, -0.2) is 0 Å². The molecule has 0 bridgehead atoms. The van der Waals surface area contributed by atoms with E-state index in [1.807, 2.05) is 13.8 Å². The molecule has 1 fully saturated rings. The maximum absolute atomic E-state index is 11.3. The summed E-state index contributed by atoms with van der Waals surface area (Å²) in [5, 5.41) is 6.04. The Morgan fingerprint density at radius 1 is 1.57 bits per heavy atom. The number of nitrogens with one attached hydrogen (secondary N) is 2. The molecule has 0 spiro atoms. The Bertz CT molecular complexity index is 181. The third-order valence-corrected chi connectivity index (χ3v) is 2.13. The normalized spacial score (nSPS) is 17.9. The molecule has 0 aliphatic heterocycles. The van der Waals surface area contributed by atoms with Crippen molar-refractivity contribution in [3.8, 4) is 0 Å². The molecule has 0 radical (unpaired) electrons. The average Bonchev–Trinajstić information content (AvgIpc) is 2.95. The molecule has 0 saturated heterocycles. The van der Waals surface area contributed by atoms with Crippen LogP contribution in [0.2, 0.25) is 0 Å². The molecule has 1 atom stereocenters. The second-order valence-corrected chi connectivity index (χ2v) is 3.78. The number of ether oxygens (including phenoxy) is 1. The molecule has 0 heterocycles. The van der Waals surface area contributed by atoms with Crippen LogP contribution < -0.4 is 10.6 Å². The average molecular weight is 200 g/mol. The number of rotatable bonds is 7. The highest BCUT2D eigenvalue weighted by atomic mass is 16.5. The largest absolute Gasteiger partial charge is 0.380 e. The zero-order chi connectivity index (χ0) is 10.4. The molecule has 14 heavy (non-hydrogen) atoms. The van der Waals surface area contributed by atoms with Crippen LogP contribution in [0.15, 0.2) is 0 Å². The van der Waals surface area contributed by atoms with Gasteiger partial charge in [0.1, 0.15) is 0 Å². The van der Waals surface area contributed by atoms with Crippen molar-refractivity contribution in [2.75, 3.05) is 19.8 Å². The van der Waals surface area contributed by atoms with Crippen molar-refractivity contribution >= 4 is 5.91 Å². The van der Waals surface area contributed by atoms with Crippen LogP contribution >= 0.6 is 0 Å². The topological polar surface area (TPSA) is 50.4 Å². The standard InChI is InChI=1S/C10H20N2O2/c1-3-14-7-8(2)11-6-10(13)12-9-4-5-9/h8-9,11H,3-7H2,1-2H3,(H,12,13). The van der Waals surface area contributed by atoms with Crippen molar-refractivity contribution in [3.63, 3.8) is 0 Å². The molecular formula is C10H20N2O2. The Balaban J connectivity index is 1.97. The quantitative estimate of drug-likeness (QED) is 0.620. The minimum Gasteiger partial charge on any atom is -0.380 e. The third kappa shape index (κ3) is 5.19. The van der Waals surface area contributed by atoms with Crippen molar-refractivity contribution in [1.82, 2.24) is 10.6 Å². The Morgan fingerprint density at radius 3 is 2.86 bits per heavy atom. The summed E-state index contributed by atoms with van der Waals surface area (Å²) in [6.45, 7) is 5.75. The molecule has 1 amide bonds. The highest BCUT2D eigenvalue weighted by molar-refractivity contribution is 5.78. The fraction of sp³-hybridized carbons (Fsp3) is 0.900. The van der Waals surface area contributed by atoms with Crippen LogP contribution in [-0.4, -0.2) is 37.7 Å². The van der Waals surface area contributed by atoms with Gasteiger partial charge in [0, 0.05) is 18.7 Å². The lowest BCUT2D eigenvalue weighted by atomic mass is 10.3. The Labute approximate surface area is 85.4 Å². The van der Waals surface area contributed by atoms with Crippen LogP contribution in [0.5, 0.6) is 0 Å². The van der Waals surface area contributed by atoms with Crippen LogP contribution in [0.1, 0.15) is 26.7 Å². The monoisotopic (exact) mass is 200 g/mol. The van der Waals surface area contributed by atoms with Gasteiger partial charge in [-0.05, 0) is 26.7 Å². The molecule has 0 aromatic heterocycles. The maximum atomic E-state index is 11.3. The van der Waals surface area contributed by atoms with Crippen LogP contribution in [0.3, 0.4) is 0 Å². The van der Waals surface area contributed by atoms with Crippen LogP contribution in [0, 0.1) is 0 Å². The van der Waals surface area contributed by atoms with Gasteiger partial charge in [-0.3, -0.25) is 4.79 Å². The van der Waals surface area contributed by atoms with E-state index in [9.17, 15) is 4.79 Å². The van der Waals surface area contributed by atoms with E-state index < -0.39 is 0 Å². The van der Waals surface area contributed by atoms with E-state index in [1.165, 1.54) is 0 Å². The summed E-state index contributed by atoms with van der Waals surface area (Å²) in [6, 6.07) is 0.686. The lowest BCUT2D eigenvalue weighted by Gasteiger charge is -2.13. The van der Waals surface area contributed by atoms with E-state index in [4.69, 9.17) is 4.74 Å². The predicted octanol–water partition coefficient (Wildman–Crippen LogP) is 0.280. The summed E-state index contributed by atoms with van der Waals surface area (Å²) in [6.07, 6.45) is 2.28. The first kappa shape index (κ1) is 11.5. The third-order valence-electron chi connectivity index (χ3n) is 2.13. The second kappa shape index (κ2) is 5.98. The van der Waals surface area contributed by atoms with Gasteiger partial charge in [-0.1, -0.05) is 0 Å². The Hall–Kier alpha value is -0.610. The number of hydrogen-bond donors (Lipinski definition) is 2. The zero-order valence-corrected chi connectivity index (χ0v) is 9.01. The summed E-state index contributed by atoms with van der Waals surface area (Å²) < 4.78 is 5.23. The van der Waals surface area contributed by atoms with E-state index in [0.717, 1.165) is 19.4 Å². The van der Waals surface area contributed by atoms with Crippen LogP contribution in [0.25, 0.3) is 0 Å². The van der Waals surface area contributed by atoms with Gasteiger partial charge in [0.25, 0.3) is 0 Å². The Morgan fingerprint density at radius 2 is 2.29 bits per heavy atom. The summed E-state index contributed by atoms with van der Waals surface area (Å²) in [7, 11) is 0. The minimum atomic E-state index is 0.0934. The minimum absolute atomic E-state index is 0.0934. The number of hydrogen-bond acceptors (Lipinski definition) is 3. The van der Waals surface area contributed by atoms with Crippen molar-refractivity contribution in [3.05, 3.63) is 0 Å². The summed E-state index contributed by atoms with van der Waals surface area (Å²) >= 11 is 0. The van der Waals surface area contributed by atoms with Crippen molar-refractivity contribution in [2.24, 2.45) is 0 Å². The lowest BCUT2D eigenvalue weighted by Crippen LogP contribution is -2.40. The first-order valence-electron chi connectivity index (χ1n) is 5.33. The van der Waals surface area contributed by atoms with Gasteiger partial charge in [-0.15, -0.1) is 0 Å². The summed E-state index contributed by atoms with van der Waals surface area (Å²) in [4.78, 5) is 11.3. The molecule has 4 heteroatoms. The molecular weight excluding hydrogens is 180 g/mol. The van der Waals surface area contributed by atoms with Gasteiger partial charge < -0.3 is 15.4 Å². The molecule has 1 rings (SSSR count). The maximum Gasteiger partial charge on any atom is 0.234 e. The van der Waals surface area contributed by atoms with Crippen molar-refractivity contribution < 1.29 is 9.53 Å².